The highest BCUT2D eigenvalue weighted by Gasteiger charge is 2.18. The third-order valence-corrected chi connectivity index (χ3v) is 4.36. The Kier molecular flexibility index (Phi) is 5.52. The van der Waals surface area contributed by atoms with E-state index in [0.29, 0.717) is 13.0 Å². The molecule has 0 aliphatic carbocycles. The van der Waals surface area contributed by atoms with Gasteiger partial charge in [0.05, 0.1) is 17.1 Å². The highest BCUT2D eigenvalue weighted by molar-refractivity contribution is 5.78. The predicted octanol–water partition coefficient (Wildman–Crippen LogP) is 4.42. The average molecular weight is 347 g/mol. The third kappa shape index (κ3) is 4.20. The lowest BCUT2D eigenvalue weighted by atomic mass is 10.1. The summed E-state index contributed by atoms with van der Waals surface area (Å²) in [4.78, 5) is 17.1. The summed E-state index contributed by atoms with van der Waals surface area (Å²) in [5.41, 5.74) is 4.23. The van der Waals surface area contributed by atoms with E-state index in [1.807, 2.05) is 62.4 Å². The zero-order chi connectivity index (χ0) is 18.5. The summed E-state index contributed by atoms with van der Waals surface area (Å²) in [7, 11) is 0. The molecule has 134 valence electrons. The number of amides is 1. The standard InChI is InChI=1S/C22H25N3O/c1-16(2)15-25-20-12-8-7-11-19(20)24-22(25)17(3)23-21(26)14-13-18-9-5-4-6-10-18/h4-12,17H,1,13-15H2,2-3H3,(H,23,26). The summed E-state index contributed by atoms with van der Waals surface area (Å²) in [6.07, 6.45) is 1.21. The Balaban J connectivity index is 1.73. The van der Waals surface area contributed by atoms with Crippen molar-refractivity contribution in [1.82, 2.24) is 14.9 Å². The minimum absolute atomic E-state index is 0.0373. The van der Waals surface area contributed by atoms with E-state index in [0.717, 1.165) is 28.9 Å². The summed E-state index contributed by atoms with van der Waals surface area (Å²) in [6.45, 7) is 8.70. The fourth-order valence-electron chi connectivity index (χ4n) is 3.14. The van der Waals surface area contributed by atoms with Crippen LogP contribution in [0.5, 0.6) is 0 Å². The van der Waals surface area contributed by atoms with Gasteiger partial charge in [-0.3, -0.25) is 4.79 Å². The Bertz CT molecular complexity index is 912. The van der Waals surface area contributed by atoms with Crippen LogP contribution >= 0.6 is 0 Å². The third-order valence-electron chi connectivity index (χ3n) is 4.36. The van der Waals surface area contributed by atoms with Crippen LogP contribution in [-0.4, -0.2) is 15.5 Å². The summed E-state index contributed by atoms with van der Waals surface area (Å²) < 4.78 is 2.14. The Morgan fingerprint density at radius 3 is 2.58 bits per heavy atom. The number of hydrogen-bond donors (Lipinski definition) is 1. The molecule has 0 aliphatic rings. The molecule has 3 aromatic rings. The number of aromatic nitrogens is 2. The van der Waals surface area contributed by atoms with Crippen molar-refractivity contribution in [3.05, 3.63) is 78.1 Å². The topological polar surface area (TPSA) is 46.9 Å². The number of hydrogen-bond acceptors (Lipinski definition) is 2. The van der Waals surface area contributed by atoms with Gasteiger partial charge < -0.3 is 9.88 Å². The van der Waals surface area contributed by atoms with Gasteiger partial charge >= 0.3 is 0 Å². The molecule has 0 saturated carbocycles. The van der Waals surface area contributed by atoms with Crippen LogP contribution in [-0.2, 0) is 17.8 Å². The molecule has 1 aromatic heterocycles. The van der Waals surface area contributed by atoms with Crippen LogP contribution in [0.2, 0.25) is 0 Å². The number of benzene rings is 2. The van der Waals surface area contributed by atoms with Gasteiger partial charge in [-0.1, -0.05) is 54.6 Å². The van der Waals surface area contributed by atoms with E-state index in [-0.39, 0.29) is 11.9 Å². The van der Waals surface area contributed by atoms with Crippen molar-refractivity contribution >= 4 is 16.9 Å². The number of rotatable bonds is 7. The first-order valence-electron chi connectivity index (χ1n) is 8.97. The lowest BCUT2D eigenvalue weighted by Crippen LogP contribution is -2.29. The zero-order valence-electron chi connectivity index (χ0n) is 15.4. The number of carbonyl (C=O) groups is 1. The fraction of sp³-hybridized carbons (Fsp3) is 0.273. The number of nitrogens with zero attached hydrogens (tertiary/aromatic N) is 2. The molecule has 0 saturated heterocycles. The molecule has 3 rings (SSSR count). The predicted molar refractivity (Wildman–Crippen MR) is 106 cm³/mol. The Labute approximate surface area is 154 Å². The van der Waals surface area contributed by atoms with Crippen molar-refractivity contribution in [3.63, 3.8) is 0 Å². The van der Waals surface area contributed by atoms with Crippen LogP contribution in [0.1, 0.15) is 37.7 Å². The van der Waals surface area contributed by atoms with Gasteiger partial charge in [-0.15, -0.1) is 0 Å². The molecule has 1 N–H and O–H groups in total. The molecule has 2 aromatic carbocycles. The van der Waals surface area contributed by atoms with Crippen LogP contribution in [0.15, 0.2) is 66.7 Å². The number of nitrogens with one attached hydrogen (secondary N) is 1. The number of imidazole rings is 1. The van der Waals surface area contributed by atoms with Gasteiger partial charge in [0, 0.05) is 13.0 Å². The summed E-state index contributed by atoms with van der Waals surface area (Å²) in [6, 6.07) is 17.9. The largest absolute Gasteiger partial charge is 0.346 e. The number of allylic oxidation sites excluding steroid dienone is 1. The lowest BCUT2D eigenvalue weighted by Gasteiger charge is -2.16. The van der Waals surface area contributed by atoms with E-state index in [9.17, 15) is 4.79 Å². The Morgan fingerprint density at radius 1 is 1.15 bits per heavy atom. The smallest absolute Gasteiger partial charge is 0.220 e. The van der Waals surface area contributed by atoms with Gasteiger partial charge in [0.2, 0.25) is 5.91 Å². The summed E-state index contributed by atoms with van der Waals surface area (Å²) >= 11 is 0. The molecule has 4 nitrogen and oxygen atoms in total. The van der Waals surface area contributed by atoms with Crippen molar-refractivity contribution in [1.29, 1.82) is 0 Å². The van der Waals surface area contributed by atoms with Crippen LogP contribution < -0.4 is 5.32 Å². The highest BCUT2D eigenvalue weighted by Crippen LogP contribution is 2.22. The molecule has 1 amide bonds. The van der Waals surface area contributed by atoms with Crippen molar-refractivity contribution in [2.24, 2.45) is 0 Å². The second-order valence-corrected chi connectivity index (χ2v) is 6.78. The summed E-state index contributed by atoms with van der Waals surface area (Å²) in [5.74, 6) is 0.901. The molecule has 0 aliphatic heterocycles. The second kappa shape index (κ2) is 8.00. The van der Waals surface area contributed by atoms with Gasteiger partial charge in [0.15, 0.2) is 0 Å². The SMILES string of the molecule is C=C(C)Cn1c(C(C)NC(=O)CCc2ccccc2)nc2ccccc21. The number of fused-ring (bicyclic) bond motifs is 1. The van der Waals surface area contributed by atoms with E-state index < -0.39 is 0 Å². The first kappa shape index (κ1) is 17.9. The molecule has 0 bridgehead atoms. The number of aryl methyl sites for hydroxylation is 1. The minimum Gasteiger partial charge on any atom is -0.346 e. The monoisotopic (exact) mass is 347 g/mol. The maximum atomic E-state index is 12.4. The number of carbonyl (C=O) groups excluding carboxylic acids is 1. The van der Waals surface area contributed by atoms with Crippen molar-refractivity contribution in [2.75, 3.05) is 0 Å². The van der Waals surface area contributed by atoms with Gasteiger partial charge in [-0.25, -0.2) is 4.98 Å². The average Bonchev–Trinajstić information content (AvgIpc) is 2.99. The van der Waals surface area contributed by atoms with Gasteiger partial charge in [0.25, 0.3) is 0 Å². The second-order valence-electron chi connectivity index (χ2n) is 6.78. The van der Waals surface area contributed by atoms with Crippen molar-refractivity contribution in [3.8, 4) is 0 Å². The van der Waals surface area contributed by atoms with Gasteiger partial charge in [0.1, 0.15) is 5.82 Å². The molecule has 26 heavy (non-hydrogen) atoms. The maximum Gasteiger partial charge on any atom is 0.220 e. The van der Waals surface area contributed by atoms with Crippen molar-refractivity contribution in [2.45, 2.75) is 39.3 Å². The molecule has 1 atom stereocenters. The zero-order valence-corrected chi connectivity index (χ0v) is 15.4. The van der Waals surface area contributed by atoms with E-state index >= 15 is 0 Å². The van der Waals surface area contributed by atoms with Crippen LogP contribution in [0.4, 0.5) is 0 Å². The first-order valence-corrected chi connectivity index (χ1v) is 8.97. The highest BCUT2D eigenvalue weighted by atomic mass is 16.1. The van der Waals surface area contributed by atoms with Crippen molar-refractivity contribution < 1.29 is 4.79 Å². The molecule has 0 spiro atoms. The lowest BCUT2D eigenvalue weighted by molar-refractivity contribution is -0.121. The maximum absolute atomic E-state index is 12.4. The molecular weight excluding hydrogens is 322 g/mol. The van der Waals surface area contributed by atoms with Gasteiger partial charge in [-0.05, 0) is 38.0 Å². The van der Waals surface area contributed by atoms with E-state index in [4.69, 9.17) is 4.98 Å². The molecule has 0 fully saturated rings. The van der Waals surface area contributed by atoms with Crippen LogP contribution in [0, 0.1) is 0 Å². The molecular formula is C22H25N3O. The van der Waals surface area contributed by atoms with E-state index in [2.05, 4.69) is 22.5 Å². The minimum atomic E-state index is -0.162. The normalized spacial score (nSPS) is 12.1. The quantitative estimate of drug-likeness (QED) is 0.643. The first-order chi connectivity index (χ1) is 12.5. The number of para-hydroxylation sites is 2. The van der Waals surface area contributed by atoms with E-state index in [1.165, 1.54) is 5.56 Å². The fourth-order valence-corrected chi connectivity index (χ4v) is 3.14. The Morgan fingerprint density at radius 2 is 1.85 bits per heavy atom. The van der Waals surface area contributed by atoms with Crippen LogP contribution in [0.25, 0.3) is 11.0 Å². The van der Waals surface area contributed by atoms with Crippen LogP contribution in [0.3, 0.4) is 0 Å². The Hall–Kier alpha value is -2.88. The summed E-state index contributed by atoms with van der Waals surface area (Å²) in [5, 5.41) is 3.09. The van der Waals surface area contributed by atoms with Gasteiger partial charge in [-0.2, -0.15) is 0 Å². The van der Waals surface area contributed by atoms with E-state index in [1.54, 1.807) is 0 Å². The molecule has 0 radical (unpaired) electrons. The molecule has 1 heterocycles. The molecule has 4 heteroatoms. The molecule has 1 unspecified atom stereocenters.